The quantitative estimate of drug-likeness (QED) is 0.761. The summed E-state index contributed by atoms with van der Waals surface area (Å²) in [5, 5.41) is 4.12. The summed E-state index contributed by atoms with van der Waals surface area (Å²) in [4.78, 5) is 25.5. The van der Waals surface area contributed by atoms with Gasteiger partial charge in [0.25, 0.3) is 0 Å². The molecule has 2 heterocycles. The number of piperidine rings is 1. The Morgan fingerprint density at radius 3 is 2.84 bits per heavy atom. The maximum Gasteiger partial charge on any atom is 0.311 e. The van der Waals surface area contributed by atoms with Crippen LogP contribution in [0.4, 0.5) is 0 Å². The third-order valence-electron chi connectivity index (χ3n) is 3.52. The van der Waals surface area contributed by atoms with Crippen LogP contribution in [-0.4, -0.2) is 40.2 Å². The third-order valence-corrected chi connectivity index (χ3v) is 3.52. The van der Waals surface area contributed by atoms with E-state index in [0.29, 0.717) is 19.4 Å². The van der Waals surface area contributed by atoms with Crippen molar-refractivity contribution in [2.75, 3.05) is 13.7 Å². The molecule has 1 amide bonds. The van der Waals surface area contributed by atoms with Crippen molar-refractivity contribution < 1.29 is 14.3 Å². The van der Waals surface area contributed by atoms with Gasteiger partial charge in [-0.05, 0) is 13.3 Å². The molecule has 0 aliphatic carbocycles. The highest BCUT2D eigenvalue weighted by atomic mass is 16.5. The van der Waals surface area contributed by atoms with Crippen molar-refractivity contribution in [3.05, 3.63) is 18.0 Å². The predicted octanol–water partition coefficient (Wildman–Crippen LogP) is 0.893. The Morgan fingerprint density at radius 2 is 2.26 bits per heavy atom. The average molecular weight is 265 g/mol. The molecule has 19 heavy (non-hydrogen) atoms. The lowest BCUT2D eigenvalue weighted by Crippen LogP contribution is -2.43. The van der Waals surface area contributed by atoms with E-state index in [1.807, 2.05) is 13.2 Å². The number of aryl methyl sites for hydroxylation is 1. The molecule has 6 heteroatoms. The molecular formula is C13H19N3O3. The minimum absolute atomic E-state index is 0.0504. The van der Waals surface area contributed by atoms with Gasteiger partial charge in [0.1, 0.15) is 0 Å². The fraction of sp³-hybridized carbons (Fsp3) is 0.615. The van der Waals surface area contributed by atoms with Crippen molar-refractivity contribution >= 4 is 11.9 Å². The van der Waals surface area contributed by atoms with Crippen LogP contribution in [0.2, 0.25) is 0 Å². The largest absolute Gasteiger partial charge is 0.466 e. The van der Waals surface area contributed by atoms with Crippen LogP contribution >= 0.6 is 0 Å². The van der Waals surface area contributed by atoms with E-state index in [1.165, 1.54) is 0 Å². The summed E-state index contributed by atoms with van der Waals surface area (Å²) in [7, 11) is 3.54. The van der Waals surface area contributed by atoms with Gasteiger partial charge in [0.05, 0.1) is 24.8 Å². The SMILES string of the molecule is CCOC(=O)C1CCC(=O)N(C)C1c1cnn(C)c1. The second-order valence-electron chi connectivity index (χ2n) is 4.79. The first-order valence-corrected chi connectivity index (χ1v) is 6.45. The zero-order valence-electron chi connectivity index (χ0n) is 11.5. The summed E-state index contributed by atoms with van der Waals surface area (Å²) in [5.74, 6) is -0.503. The lowest BCUT2D eigenvalue weighted by Gasteiger charge is -2.37. The van der Waals surface area contributed by atoms with E-state index in [1.54, 1.807) is 29.7 Å². The number of rotatable bonds is 3. The number of likely N-dealkylation sites (tertiary alicyclic amines) is 1. The van der Waals surface area contributed by atoms with Crippen molar-refractivity contribution in [3.8, 4) is 0 Å². The van der Waals surface area contributed by atoms with Gasteiger partial charge in [-0.25, -0.2) is 0 Å². The number of hydrogen-bond acceptors (Lipinski definition) is 4. The summed E-state index contributed by atoms with van der Waals surface area (Å²) in [6.07, 6.45) is 4.45. The zero-order chi connectivity index (χ0) is 14.0. The van der Waals surface area contributed by atoms with Gasteiger partial charge in [0.15, 0.2) is 0 Å². The number of amides is 1. The van der Waals surface area contributed by atoms with Gasteiger partial charge in [0, 0.05) is 32.3 Å². The standard InChI is InChI=1S/C13H19N3O3/c1-4-19-13(18)10-5-6-11(17)16(3)12(10)9-7-14-15(2)8-9/h7-8,10,12H,4-6H2,1-3H3. The Kier molecular flexibility index (Phi) is 3.87. The van der Waals surface area contributed by atoms with Gasteiger partial charge in [-0.15, -0.1) is 0 Å². The second kappa shape index (κ2) is 5.42. The van der Waals surface area contributed by atoms with Gasteiger partial charge in [-0.2, -0.15) is 5.10 Å². The highest BCUT2D eigenvalue weighted by Gasteiger charge is 2.40. The number of hydrogen-bond donors (Lipinski definition) is 0. The Bertz CT molecular complexity index is 483. The summed E-state index contributed by atoms with van der Waals surface area (Å²) in [6, 6.07) is -0.283. The van der Waals surface area contributed by atoms with Crippen LogP contribution in [-0.2, 0) is 21.4 Å². The van der Waals surface area contributed by atoms with Crippen LogP contribution in [0.5, 0.6) is 0 Å². The summed E-state index contributed by atoms with van der Waals surface area (Å²) >= 11 is 0. The minimum atomic E-state index is -0.313. The zero-order valence-corrected chi connectivity index (χ0v) is 11.5. The molecule has 2 rings (SSSR count). The van der Waals surface area contributed by atoms with Crippen molar-refractivity contribution in [2.45, 2.75) is 25.8 Å². The minimum Gasteiger partial charge on any atom is -0.466 e. The molecule has 1 aromatic rings. The predicted molar refractivity (Wildman–Crippen MR) is 68.1 cm³/mol. The van der Waals surface area contributed by atoms with Crippen LogP contribution in [0.15, 0.2) is 12.4 Å². The van der Waals surface area contributed by atoms with E-state index in [9.17, 15) is 9.59 Å². The fourth-order valence-electron chi connectivity index (χ4n) is 2.58. The first-order valence-electron chi connectivity index (χ1n) is 6.45. The molecular weight excluding hydrogens is 246 g/mol. The molecule has 0 saturated carbocycles. The molecule has 0 bridgehead atoms. The lowest BCUT2D eigenvalue weighted by molar-refractivity contribution is -0.155. The molecule has 0 aromatic carbocycles. The summed E-state index contributed by atoms with van der Waals surface area (Å²) < 4.78 is 6.79. The van der Waals surface area contributed by atoms with E-state index < -0.39 is 0 Å². The molecule has 2 unspecified atom stereocenters. The average Bonchev–Trinajstić information content (AvgIpc) is 2.79. The van der Waals surface area contributed by atoms with E-state index >= 15 is 0 Å². The molecule has 1 fully saturated rings. The highest BCUT2D eigenvalue weighted by Crippen LogP contribution is 2.36. The van der Waals surface area contributed by atoms with E-state index in [4.69, 9.17) is 4.74 Å². The Hall–Kier alpha value is -1.85. The maximum absolute atomic E-state index is 12.1. The van der Waals surface area contributed by atoms with Gasteiger partial charge in [-0.3, -0.25) is 14.3 Å². The molecule has 1 aliphatic heterocycles. The van der Waals surface area contributed by atoms with E-state index in [0.717, 1.165) is 5.56 Å². The number of ether oxygens (including phenoxy) is 1. The number of aromatic nitrogens is 2. The number of esters is 1. The Balaban J connectivity index is 2.30. The molecule has 0 spiro atoms. The normalized spacial score (nSPS) is 23.5. The fourth-order valence-corrected chi connectivity index (χ4v) is 2.58. The maximum atomic E-state index is 12.1. The van der Waals surface area contributed by atoms with Crippen molar-refractivity contribution in [1.82, 2.24) is 14.7 Å². The number of carbonyl (C=O) groups excluding carboxylic acids is 2. The van der Waals surface area contributed by atoms with Crippen molar-refractivity contribution in [2.24, 2.45) is 13.0 Å². The summed E-state index contributed by atoms with van der Waals surface area (Å²) in [5.41, 5.74) is 0.871. The lowest BCUT2D eigenvalue weighted by atomic mass is 9.86. The molecule has 1 aliphatic rings. The van der Waals surface area contributed by atoms with Gasteiger partial charge in [0.2, 0.25) is 5.91 Å². The molecule has 0 radical (unpaired) electrons. The topological polar surface area (TPSA) is 64.4 Å². The van der Waals surface area contributed by atoms with Crippen molar-refractivity contribution in [1.29, 1.82) is 0 Å². The van der Waals surface area contributed by atoms with Gasteiger partial charge < -0.3 is 9.64 Å². The second-order valence-corrected chi connectivity index (χ2v) is 4.79. The van der Waals surface area contributed by atoms with Crippen molar-refractivity contribution in [3.63, 3.8) is 0 Å². The first-order chi connectivity index (χ1) is 9.04. The first kappa shape index (κ1) is 13.6. The van der Waals surface area contributed by atoms with Gasteiger partial charge in [-0.1, -0.05) is 0 Å². The smallest absolute Gasteiger partial charge is 0.311 e. The van der Waals surface area contributed by atoms with E-state index in [2.05, 4.69) is 5.10 Å². The van der Waals surface area contributed by atoms with Crippen LogP contribution in [0.3, 0.4) is 0 Å². The van der Waals surface area contributed by atoms with Crippen LogP contribution in [0.1, 0.15) is 31.4 Å². The molecule has 104 valence electrons. The number of nitrogens with zero attached hydrogens (tertiary/aromatic N) is 3. The summed E-state index contributed by atoms with van der Waals surface area (Å²) in [6.45, 7) is 2.14. The molecule has 0 N–H and O–H groups in total. The van der Waals surface area contributed by atoms with E-state index in [-0.39, 0.29) is 23.8 Å². The van der Waals surface area contributed by atoms with Crippen LogP contribution in [0, 0.1) is 5.92 Å². The molecule has 1 aromatic heterocycles. The number of carbonyl (C=O) groups is 2. The molecule has 6 nitrogen and oxygen atoms in total. The monoisotopic (exact) mass is 265 g/mol. The van der Waals surface area contributed by atoms with Crippen LogP contribution in [0.25, 0.3) is 0 Å². The molecule has 1 saturated heterocycles. The Morgan fingerprint density at radius 1 is 1.53 bits per heavy atom. The Labute approximate surface area is 112 Å². The highest BCUT2D eigenvalue weighted by molar-refractivity contribution is 5.82. The molecule has 2 atom stereocenters. The van der Waals surface area contributed by atoms with Gasteiger partial charge >= 0.3 is 5.97 Å². The third kappa shape index (κ3) is 2.62. The van der Waals surface area contributed by atoms with Crippen LogP contribution < -0.4 is 0 Å².